The Kier molecular flexibility index (Phi) is 7.88. The van der Waals surface area contributed by atoms with Crippen LogP contribution in [0.4, 0.5) is 5.69 Å². The third-order valence-electron chi connectivity index (χ3n) is 6.75. The van der Waals surface area contributed by atoms with Crippen LogP contribution in [0.25, 0.3) is 10.9 Å². The van der Waals surface area contributed by atoms with E-state index in [0.29, 0.717) is 16.3 Å². The lowest BCUT2D eigenvalue weighted by molar-refractivity contribution is -0.140. The maximum absolute atomic E-state index is 14.0. The van der Waals surface area contributed by atoms with Crippen molar-refractivity contribution in [2.24, 2.45) is 0 Å². The topological polar surface area (TPSA) is 93.7 Å². The number of H-pyrrole nitrogens is 1. The number of carboxylic acids is 1. The fourth-order valence-corrected chi connectivity index (χ4v) is 4.83. The van der Waals surface area contributed by atoms with E-state index in [1.54, 1.807) is 56.6 Å². The van der Waals surface area contributed by atoms with E-state index in [2.05, 4.69) is 4.98 Å². The zero-order valence-electron chi connectivity index (χ0n) is 21.7. The molecule has 196 valence electrons. The van der Waals surface area contributed by atoms with E-state index in [1.165, 1.54) is 9.80 Å². The van der Waals surface area contributed by atoms with Crippen molar-refractivity contribution in [3.8, 4) is 0 Å². The molecule has 4 aromatic rings. The van der Waals surface area contributed by atoms with Crippen LogP contribution in [0.3, 0.4) is 0 Å². The van der Waals surface area contributed by atoms with Crippen LogP contribution in [0.1, 0.15) is 34.0 Å². The Morgan fingerprint density at radius 1 is 0.974 bits per heavy atom. The van der Waals surface area contributed by atoms with Crippen molar-refractivity contribution < 1.29 is 19.5 Å². The molecule has 4 rings (SSSR count). The van der Waals surface area contributed by atoms with E-state index in [9.17, 15) is 19.5 Å². The highest BCUT2D eigenvalue weighted by Gasteiger charge is 2.36. The molecule has 0 fully saturated rings. The highest BCUT2D eigenvalue weighted by molar-refractivity contribution is 6.30. The van der Waals surface area contributed by atoms with E-state index in [4.69, 9.17) is 11.6 Å². The summed E-state index contributed by atoms with van der Waals surface area (Å²) in [6.07, 6.45) is 1.83. The quantitative estimate of drug-likeness (QED) is 0.308. The number of amides is 2. The highest BCUT2D eigenvalue weighted by atomic mass is 35.5. The number of aromatic amines is 1. The van der Waals surface area contributed by atoms with Crippen LogP contribution in [0.15, 0.2) is 72.9 Å². The predicted molar refractivity (Wildman–Crippen MR) is 150 cm³/mol. The average Bonchev–Trinajstić information content (AvgIpc) is 3.30. The van der Waals surface area contributed by atoms with Crippen LogP contribution in [0.5, 0.6) is 0 Å². The van der Waals surface area contributed by atoms with Gasteiger partial charge in [0.2, 0.25) is 5.91 Å². The van der Waals surface area contributed by atoms with Gasteiger partial charge in [0.25, 0.3) is 5.91 Å². The zero-order valence-corrected chi connectivity index (χ0v) is 22.5. The van der Waals surface area contributed by atoms with Gasteiger partial charge in [-0.05, 0) is 68.8 Å². The number of carbonyl (C=O) groups excluding carboxylic acids is 2. The van der Waals surface area contributed by atoms with Crippen molar-refractivity contribution in [1.82, 2.24) is 9.88 Å². The number of aryl methyl sites for hydroxylation is 2. The fraction of sp³-hybridized carbons (Fsp3) is 0.233. The van der Waals surface area contributed by atoms with Crippen LogP contribution in [0, 0.1) is 13.8 Å². The molecule has 0 spiro atoms. The Morgan fingerprint density at radius 2 is 1.61 bits per heavy atom. The van der Waals surface area contributed by atoms with Crippen molar-refractivity contribution in [1.29, 1.82) is 0 Å². The maximum atomic E-state index is 14.0. The molecule has 8 heteroatoms. The number of anilines is 1. The van der Waals surface area contributed by atoms with Crippen molar-refractivity contribution >= 4 is 46.0 Å². The molecule has 7 nitrogen and oxygen atoms in total. The summed E-state index contributed by atoms with van der Waals surface area (Å²) in [5, 5.41) is 11.7. The smallest absolute Gasteiger partial charge is 0.327 e. The molecule has 0 aliphatic heterocycles. The summed E-state index contributed by atoms with van der Waals surface area (Å²) < 4.78 is 0. The number of nitrogens with zero attached hydrogens (tertiary/aromatic N) is 2. The van der Waals surface area contributed by atoms with Gasteiger partial charge in [-0.3, -0.25) is 14.5 Å². The summed E-state index contributed by atoms with van der Waals surface area (Å²) in [4.78, 5) is 45.8. The Hall–Kier alpha value is -4.10. The van der Waals surface area contributed by atoms with Crippen LogP contribution in [0.2, 0.25) is 5.02 Å². The number of hydrogen-bond donors (Lipinski definition) is 2. The molecule has 2 atom stereocenters. The normalized spacial score (nSPS) is 12.7. The summed E-state index contributed by atoms with van der Waals surface area (Å²) in [5.41, 5.74) is 4.37. The first-order valence-corrected chi connectivity index (χ1v) is 12.7. The molecule has 0 saturated heterocycles. The first-order valence-electron chi connectivity index (χ1n) is 12.3. The molecule has 0 unspecified atom stereocenters. The summed E-state index contributed by atoms with van der Waals surface area (Å²) in [5.74, 6) is -1.99. The average molecular weight is 532 g/mol. The number of aliphatic carboxylic acids is 1. The molecule has 0 bridgehead atoms. The van der Waals surface area contributed by atoms with Gasteiger partial charge >= 0.3 is 5.97 Å². The third-order valence-corrected chi connectivity index (χ3v) is 7.01. The van der Waals surface area contributed by atoms with Gasteiger partial charge in [0.05, 0.1) is 0 Å². The fourth-order valence-electron chi connectivity index (χ4n) is 4.70. The first-order chi connectivity index (χ1) is 18.1. The number of likely N-dealkylation sites (N-methyl/N-ethyl adjacent to an activating group) is 1. The number of nitrogens with one attached hydrogen (secondary N) is 1. The van der Waals surface area contributed by atoms with Gasteiger partial charge in [-0.15, -0.1) is 0 Å². The predicted octanol–water partition coefficient (Wildman–Crippen LogP) is 5.63. The standard InChI is InChI=1S/C30H30ClN3O4/c1-18-13-19(2)15-21(14-18)29(36)33(4)20(3)28(35)34(24-11-9-23(31)10-12-24)27(30(37)38)16-22-17-32-26-8-6-5-7-25(22)26/h5-15,17,20,27,32H,16H2,1-4H3,(H,37,38)/t20-,27-/m0/s1. The van der Waals surface area contributed by atoms with Crippen molar-refractivity contribution in [3.05, 3.63) is 100 Å². The van der Waals surface area contributed by atoms with Crippen molar-refractivity contribution in [3.63, 3.8) is 0 Å². The molecule has 1 aromatic heterocycles. The maximum Gasteiger partial charge on any atom is 0.327 e. The molecular weight excluding hydrogens is 502 g/mol. The Bertz CT molecular complexity index is 1470. The highest BCUT2D eigenvalue weighted by Crippen LogP contribution is 2.27. The van der Waals surface area contributed by atoms with Gasteiger partial charge in [-0.2, -0.15) is 0 Å². The number of carboxylic acid groups (broad SMARTS) is 1. The molecule has 0 aliphatic rings. The number of aromatic nitrogens is 1. The van der Waals surface area contributed by atoms with Gasteiger partial charge in [-0.1, -0.05) is 47.0 Å². The molecule has 2 N–H and O–H groups in total. The Morgan fingerprint density at radius 3 is 2.24 bits per heavy atom. The number of fused-ring (bicyclic) bond motifs is 1. The van der Waals surface area contributed by atoms with E-state index in [-0.39, 0.29) is 12.3 Å². The minimum absolute atomic E-state index is 0.0647. The van der Waals surface area contributed by atoms with E-state index >= 15 is 0 Å². The lowest BCUT2D eigenvalue weighted by Gasteiger charge is -2.34. The first kappa shape index (κ1) is 26.9. The molecular formula is C30H30ClN3O4. The second-order valence-electron chi connectivity index (χ2n) is 9.57. The number of halogens is 1. The van der Waals surface area contributed by atoms with Gasteiger partial charge in [0, 0.05) is 46.8 Å². The molecule has 2 amide bonds. The second-order valence-corrected chi connectivity index (χ2v) is 10.0. The number of benzene rings is 3. The third kappa shape index (κ3) is 5.58. The van der Waals surface area contributed by atoms with E-state index in [1.807, 2.05) is 44.2 Å². The summed E-state index contributed by atoms with van der Waals surface area (Å²) >= 11 is 6.09. The zero-order chi connectivity index (χ0) is 27.6. The number of para-hydroxylation sites is 1. The van der Waals surface area contributed by atoms with Gasteiger partial charge in [0.15, 0.2) is 0 Å². The van der Waals surface area contributed by atoms with Gasteiger partial charge in [-0.25, -0.2) is 4.79 Å². The number of carbonyl (C=O) groups is 3. The summed E-state index contributed by atoms with van der Waals surface area (Å²) in [6.45, 7) is 5.42. The van der Waals surface area contributed by atoms with E-state index < -0.39 is 24.0 Å². The SMILES string of the molecule is Cc1cc(C)cc(C(=O)N(C)[C@@H](C)C(=O)N(c2ccc(Cl)cc2)[C@@H](Cc2c[nH]c3ccccc23)C(=O)O)c1. The summed E-state index contributed by atoms with van der Waals surface area (Å²) in [6, 6.07) is 17.4. The van der Waals surface area contributed by atoms with Crippen LogP contribution < -0.4 is 4.90 Å². The minimum atomic E-state index is -1.23. The Labute approximate surface area is 226 Å². The van der Waals surface area contributed by atoms with Crippen LogP contribution >= 0.6 is 11.6 Å². The molecule has 0 aliphatic carbocycles. The molecule has 3 aromatic carbocycles. The van der Waals surface area contributed by atoms with Crippen molar-refractivity contribution in [2.75, 3.05) is 11.9 Å². The van der Waals surface area contributed by atoms with E-state index in [0.717, 1.165) is 27.6 Å². The lowest BCUT2D eigenvalue weighted by Crippen LogP contribution is -2.54. The van der Waals surface area contributed by atoms with Crippen LogP contribution in [-0.2, 0) is 16.0 Å². The van der Waals surface area contributed by atoms with Gasteiger partial charge in [0.1, 0.15) is 12.1 Å². The molecule has 0 saturated carbocycles. The lowest BCUT2D eigenvalue weighted by atomic mass is 10.0. The second kappa shape index (κ2) is 11.1. The summed E-state index contributed by atoms with van der Waals surface area (Å²) in [7, 11) is 1.55. The largest absolute Gasteiger partial charge is 0.480 e. The minimum Gasteiger partial charge on any atom is -0.480 e. The number of rotatable bonds is 8. The monoisotopic (exact) mass is 531 g/mol. The molecule has 0 radical (unpaired) electrons. The van der Waals surface area contributed by atoms with Crippen molar-refractivity contribution in [2.45, 2.75) is 39.3 Å². The molecule has 38 heavy (non-hydrogen) atoms. The Balaban J connectivity index is 1.71. The van der Waals surface area contributed by atoms with Gasteiger partial charge < -0.3 is 15.0 Å². The number of hydrogen-bond acceptors (Lipinski definition) is 3. The van der Waals surface area contributed by atoms with Crippen LogP contribution in [-0.4, -0.2) is 51.9 Å². The molecule has 1 heterocycles.